The first-order valence-electron chi connectivity index (χ1n) is 10.5. The number of hydrogen-bond acceptors (Lipinski definition) is 3. The van der Waals surface area contributed by atoms with Crippen molar-refractivity contribution in [3.05, 3.63) is 24.3 Å². The van der Waals surface area contributed by atoms with Crippen LogP contribution >= 0.6 is 0 Å². The number of piperidine rings is 1. The molecule has 2 heterocycles. The summed E-state index contributed by atoms with van der Waals surface area (Å²) in [5, 5.41) is 3.74. The van der Waals surface area contributed by atoms with Crippen LogP contribution in [0.2, 0.25) is 0 Å². The normalized spacial score (nSPS) is 35.9. The maximum atomic E-state index is 6.13. The second kappa shape index (κ2) is 7.19. The van der Waals surface area contributed by atoms with Gasteiger partial charge < -0.3 is 11.1 Å². The van der Waals surface area contributed by atoms with Crippen LogP contribution in [0.4, 0.5) is 11.4 Å². The van der Waals surface area contributed by atoms with Crippen LogP contribution in [0.1, 0.15) is 65.2 Å². The van der Waals surface area contributed by atoms with E-state index in [1.54, 1.807) is 0 Å². The van der Waals surface area contributed by atoms with Gasteiger partial charge in [-0.1, -0.05) is 26.0 Å². The molecule has 4 rings (SSSR count). The first-order valence-corrected chi connectivity index (χ1v) is 10.5. The van der Waals surface area contributed by atoms with E-state index in [4.69, 9.17) is 5.73 Å². The molecule has 2 bridgehead atoms. The second-order valence-corrected chi connectivity index (χ2v) is 9.04. The van der Waals surface area contributed by atoms with Crippen LogP contribution in [0.5, 0.6) is 0 Å². The smallest absolute Gasteiger partial charge is 0.0576 e. The van der Waals surface area contributed by atoms with Crippen molar-refractivity contribution in [2.75, 3.05) is 11.1 Å². The Morgan fingerprint density at radius 1 is 0.920 bits per heavy atom. The Hall–Kier alpha value is -1.22. The third-order valence-corrected chi connectivity index (χ3v) is 7.22. The summed E-state index contributed by atoms with van der Waals surface area (Å²) in [5.74, 6) is 1.83. The van der Waals surface area contributed by atoms with Crippen molar-refractivity contribution >= 4 is 11.4 Å². The maximum Gasteiger partial charge on any atom is 0.0576 e. The van der Waals surface area contributed by atoms with E-state index in [1.807, 2.05) is 12.1 Å². The summed E-state index contributed by atoms with van der Waals surface area (Å²) in [7, 11) is 0. The monoisotopic (exact) mass is 341 g/mol. The van der Waals surface area contributed by atoms with E-state index in [1.165, 1.54) is 51.4 Å². The molecule has 3 atom stereocenters. The van der Waals surface area contributed by atoms with Crippen molar-refractivity contribution in [3.8, 4) is 0 Å². The lowest BCUT2D eigenvalue weighted by Gasteiger charge is -2.46. The molecule has 1 aliphatic carbocycles. The number of nitrogens with zero attached hydrogens (tertiary/aromatic N) is 1. The third kappa shape index (κ3) is 3.53. The van der Waals surface area contributed by atoms with Crippen LogP contribution in [-0.2, 0) is 0 Å². The Balaban J connectivity index is 1.37. The summed E-state index contributed by atoms with van der Waals surface area (Å²) in [5.41, 5.74) is 8.13. The highest BCUT2D eigenvalue weighted by Crippen LogP contribution is 2.43. The van der Waals surface area contributed by atoms with Gasteiger partial charge in [-0.05, 0) is 75.3 Å². The van der Waals surface area contributed by atoms with Gasteiger partial charge in [0.15, 0.2) is 0 Å². The van der Waals surface area contributed by atoms with E-state index in [-0.39, 0.29) is 0 Å². The van der Waals surface area contributed by atoms with Crippen LogP contribution < -0.4 is 11.1 Å². The molecule has 3 N–H and O–H groups in total. The Morgan fingerprint density at radius 2 is 1.52 bits per heavy atom. The fourth-order valence-electron chi connectivity index (χ4n) is 5.84. The van der Waals surface area contributed by atoms with Crippen LogP contribution in [0.15, 0.2) is 24.3 Å². The van der Waals surface area contributed by atoms with Crippen molar-refractivity contribution in [1.29, 1.82) is 0 Å². The number of nitrogens with one attached hydrogen (secondary N) is 1. The van der Waals surface area contributed by atoms with Crippen molar-refractivity contribution in [2.45, 2.75) is 89.4 Å². The second-order valence-electron chi connectivity index (χ2n) is 9.04. The molecule has 0 amide bonds. The largest absolute Gasteiger partial charge is 0.397 e. The van der Waals surface area contributed by atoms with E-state index in [0.717, 1.165) is 41.3 Å². The SMILES string of the molecule is CC(C)[C@H]1CC[C@H](N2[C@@H]3CC[C@H]2C[C@@H](Nc2ccccc2N)C3)CC1. The average molecular weight is 342 g/mol. The van der Waals surface area contributed by atoms with Crippen LogP contribution in [0.25, 0.3) is 0 Å². The predicted octanol–water partition coefficient (Wildman–Crippen LogP) is 4.89. The number of para-hydroxylation sites is 2. The standard InChI is InChI=1S/C22H35N3/c1-15(2)16-7-9-18(10-8-16)25-19-11-12-20(25)14-17(13-19)24-22-6-4-3-5-21(22)23/h3-6,15-20,24H,7-14,23H2,1-2H3/t16-,17-,18-,19+,20-. The van der Waals surface area contributed by atoms with Crippen LogP contribution in [-0.4, -0.2) is 29.1 Å². The van der Waals surface area contributed by atoms with Crippen molar-refractivity contribution in [2.24, 2.45) is 11.8 Å². The van der Waals surface area contributed by atoms with E-state index in [2.05, 4.69) is 36.2 Å². The number of nitrogens with two attached hydrogens (primary N) is 1. The molecule has 2 aliphatic heterocycles. The van der Waals surface area contributed by atoms with Gasteiger partial charge in [-0.25, -0.2) is 0 Å². The van der Waals surface area contributed by atoms with E-state index >= 15 is 0 Å². The molecule has 25 heavy (non-hydrogen) atoms. The molecule has 0 spiro atoms. The average Bonchev–Trinajstić information content (AvgIpc) is 2.88. The van der Waals surface area contributed by atoms with Crippen molar-refractivity contribution < 1.29 is 0 Å². The highest BCUT2D eigenvalue weighted by atomic mass is 15.3. The minimum atomic E-state index is 0.588. The molecular weight excluding hydrogens is 306 g/mol. The van der Waals surface area contributed by atoms with Crippen molar-refractivity contribution in [1.82, 2.24) is 4.90 Å². The first-order chi connectivity index (χ1) is 12.1. The molecule has 0 unspecified atom stereocenters. The zero-order chi connectivity index (χ0) is 17.4. The van der Waals surface area contributed by atoms with Gasteiger partial charge in [-0.15, -0.1) is 0 Å². The van der Waals surface area contributed by atoms with Gasteiger partial charge in [-0.3, -0.25) is 4.90 Å². The van der Waals surface area contributed by atoms with Crippen LogP contribution in [0, 0.1) is 11.8 Å². The van der Waals surface area contributed by atoms with E-state index < -0.39 is 0 Å². The molecule has 0 aromatic heterocycles. The summed E-state index contributed by atoms with van der Waals surface area (Å²) in [4.78, 5) is 2.95. The quantitative estimate of drug-likeness (QED) is 0.766. The van der Waals surface area contributed by atoms with Crippen LogP contribution in [0.3, 0.4) is 0 Å². The van der Waals surface area contributed by atoms with Gasteiger partial charge in [0.2, 0.25) is 0 Å². The number of rotatable bonds is 4. The number of anilines is 2. The lowest BCUT2D eigenvalue weighted by atomic mass is 9.78. The van der Waals surface area contributed by atoms with Gasteiger partial charge in [0.05, 0.1) is 11.4 Å². The topological polar surface area (TPSA) is 41.3 Å². The summed E-state index contributed by atoms with van der Waals surface area (Å²) < 4.78 is 0. The van der Waals surface area contributed by atoms with E-state index in [0.29, 0.717) is 6.04 Å². The molecule has 1 aromatic carbocycles. The van der Waals surface area contributed by atoms with Gasteiger partial charge in [0.1, 0.15) is 0 Å². The summed E-state index contributed by atoms with van der Waals surface area (Å²) in [6.45, 7) is 4.81. The maximum absolute atomic E-state index is 6.13. The molecule has 3 heteroatoms. The molecular formula is C22H35N3. The minimum Gasteiger partial charge on any atom is -0.397 e. The molecule has 0 radical (unpaired) electrons. The van der Waals surface area contributed by atoms with Gasteiger partial charge in [0.25, 0.3) is 0 Å². The molecule has 138 valence electrons. The van der Waals surface area contributed by atoms with Crippen molar-refractivity contribution in [3.63, 3.8) is 0 Å². The summed E-state index contributed by atoms with van der Waals surface area (Å²) >= 11 is 0. The number of hydrogen-bond donors (Lipinski definition) is 2. The zero-order valence-electron chi connectivity index (χ0n) is 16.0. The van der Waals surface area contributed by atoms with Gasteiger partial charge in [-0.2, -0.15) is 0 Å². The molecule has 1 aromatic rings. The lowest BCUT2D eigenvalue weighted by Crippen LogP contribution is -2.52. The number of nitrogen functional groups attached to an aromatic ring is 1. The number of benzene rings is 1. The molecule has 1 saturated carbocycles. The Morgan fingerprint density at radius 3 is 2.12 bits per heavy atom. The first kappa shape index (κ1) is 17.2. The minimum absolute atomic E-state index is 0.588. The Kier molecular flexibility index (Phi) is 4.95. The number of fused-ring (bicyclic) bond motifs is 2. The summed E-state index contributed by atoms with van der Waals surface area (Å²) in [6, 6.07) is 11.2. The highest BCUT2D eigenvalue weighted by molar-refractivity contribution is 5.66. The Bertz CT molecular complexity index is 562. The fraction of sp³-hybridized carbons (Fsp3) is 0.727. The molecule has 3 aliphatic rings. The van der Waals surface area contributed by atoms with Gasteiger partial charge >= 0.3 is 0 Å². The highest BCUT2D eigenvalue weighted by Gasteiger charge is 2.44. The van der Waals surface area contributed by atoms with E-state index in [9.17, 15) is 0 Å². The van der Waals surface area contributed by atoms with Gasteiger partial charge in [0, 0.05) is 24.2 Å². The lowest BCUT2D eigenvalue weighted by molar-refractivity contribution is 0.0466. The zero-order valence-corrected chi connectivity index (χ0v) is 16.0. The molecule has 2 saturated heterocycles. The summed E-state index contributed by atoms with van der Waals surface area (Å²) in [6.07, 6.45) is 11.1. The molecule has 3 nitrogen and oxygen atoms in total. The Labute approximate surface area is 153 Å². The third-order valence-electron chi connectivity index (χ3n) is 7.22. The molecule has 3 fully saturated rings. The fourth-order valence-corrected chi connectivity index (χ4v) is 5.84. The predicted molar refractivity (Wildman–Crippen MR) is 107 cm³/mol.